The van der Waals surface area contributed by atoms with Crippen molar-refractivity contribution in [3.05, 3.63) is 115 Å². The quantitative estimate of drug-likeness (QED) is 0.237. The fourth-order valence-corrected chi connectivity index (χ4v) is 4.06. The number of para-hydroxylation sites is 1. The van der Waals surface area contributed by atoms with E-state index < -0.39 is 0 Å². The summed E-state index contributed by atoms with van der Waals surface area (Å²) in [6, 6.07) is 30.2. The van der Waals surface area contributed by atoms with Gasteiger partial charge in [0.2, 0.25) is 0 Å². The minimum atomic E-state index is -0.0735. The zero-order valence-electron chi connectivity index (χ0n) is 20.2. The van der Waals surface area contributed by atoms with Crippen LogP contribution >= 0.6 is 0 Å². The van der Waals surface area contributed by atoms with Gasteiger partial charge in [0.15, 0.2) is 0 Å². The number of nitrogens with one attached hydrogen (secondary N) is 2. The number of phenolic OH excluding ortho intramolecular Hbond substituents is 1. The standard InChI is InChI=1S/C30H27N5O2/c36-26-14-7-11-24(19-26)29-27(21-35(34-29)25-12-5-2-6-13-25)23-15-18-32-28(20-23)31-16-8-17-33-30(37)22-9-3-1-4-10-22/h1-7,9-15,18-21,36H,8,16-17H2,(H,31,32)(H,33,37). The molecule has 3 N–H and O–H groups in total. The van der Waals surface area contributed by atoms with E-state index in [1.165, 1.54) is 0 Å². The number of carbonyl (C=O) groups excluding carboxylic acids is 1. The lowest BCUT2D eigenvalue weighted by molar-refractivity contribution is 0.0953. The highest BCUT2D eigenvalue weighted by Crippen LogP contribution is 2.34. The molecule has 0 radical (unpaired) electrons. The number of hydrogen-bond acceptors (Lipinski definition) is 5. The average Bonchev–Trinajstić information content (AvgIpc) is 3.40. The Morgan fingerprint density at radius 3 is 2.41 bits per heavy atom. The first-order valence-corrected chi connectivity index (χ1v) is 12.2. The van der Waals surface area contributed by atoms with Crippen molar-refractivity contribution in [2.45, 2.75) is 6.42 Å². The van der Waals surface area contributed by atoms with E-state index in [0.29, 0.717) is 18.7 Å². The molecule has 7 nitrogen and oxygen atoms in total. The molecule has 5 rings (SSSR count). The van der Waals surface area contributed by atoms with Crippen LogP contribution in [0.25, 0.3) is 28.1 Å². The van der Waals surface area contributed by atoms with Gasteiger partial charge in [-0.2, -0.15) is 5.10 Å². The minimum absolute atomic E-state index is 0.0735. The number of nitrogens with zero attached hydrogens (tertiary/aromatic N) is 3. The van der Waals surface area contributed by atoms with Gasteiger partial charge >= 0.3 is 0 Å². The number of hydrogen-bond donors (Lipinski definition) is 3. The monoisotopic (exact) mass is 489 g/mol. The van der Waals surface area contributed by atoms with Crippen molar-refractivity contribution in [2.75, 3.05) is 18.4 Å². The lowest BCUT2D eigenvalue weighted by Crippen LogP contribution is -2.25. The summed E-state index contributed by atoms with van der Waals surface area (Å²) in [7, 11) is 0. The van der Waals surface area contributed by atoms with E-state index in [1.807, 2.05) is 83.7 Å². The molecule has 2 aromatic heterocycles. The Hall–Kier alpha value is -4.91. The Morgan fingerprint density at radius 2 is 1.62 bits per heavy atom. The highest BCUT2D eigenvalue weighted by molar-refractivity contribution is 5.94. The topological polar surface area (TPSA) is 92.1 Å². The Balaban J connectivity index is 1.31. The highest BCUT2D eigenvalue weighted by Gasteiger charge is 2.15. The van der Waals surface area contributed by atoms with Crippen LogP contribution in [-0.2, 0) is 0 Å². The Bertz CT molecular complexity index is 1480. The number of rotatable bonds is 9. The molecule has 5 aromatic rings. The Kier molecular flexibility index (Phi) is 7.22. The molecule has 37 heavy (non-hydrogen) atoms. The normalized spacial score (nSPS) is 10.7. The van der Waals surface area contributed by atoms with Gasteiger partial charge in [-0.3, -0.25) is 4.79 Å². The molecule has 0 aliphatic rings. The molecule has 0 unspecified atom stereocenters. The van der Waals surface area contributed by atoms with Crippen molar-refractivity contribution in [3.63, 3.8) is 0 Å². The molecular weight excluding hydrogens is 462 g/mol. The van der Waals surface area contributed by atoms with Gasteiger partial charge in [-0.25, -0.2) is 9.67 Å². The number of aromatic hydroxyl groups is 1. The molecule has 0 aliphatic heterocycles. The second kappa shape index (κ2) is 11.2. The summed E-state index contributed by atoms with van der Waals surface area (Å²) in [5.74, 6) is 0.853. The summed E-state index contributed by atoms with van der Waals surface area (Å²) >= 11 is 0. The zero-order valence-corrected chi connectivity index (χ0v) is 20.2. The van der Waals surface area contributed by atoms with E-state index in [1.54, 1.807) is 30.5 Å². The van der Waals surface area contributed by atoms with Crippen molar-refractivity contribution in [3.8, 4) is 33.8 Å². The molecule has 1 amide bonds. The summed E-state index contributed by atoms with van der Waals surface area (Å²) in [5, 5.41) is 21.2. The third kappa shape index (κ3) is 5.85. The van der Waals surface area contributed by atoms with Crippen LogP contribution in [0.1, 0.15) is 16.8 Å². The van der Waals surface area contributed by atoms with E-state index in [4.69, 9.17) is 5.10 Å². The van der Waals surface area contributed by atoms with E-state index in [9.17, 15) is 9.90 Å². The summed E-state index contributed by atoms with van der Waals surface area (Å²) in [6.07, 6.45) is 4.51. The number of anilines is 1. The molecular formula is C30H27N5O2. The largest absolute Gasteiger partial charge is 0.508 e. The van der Waals surface area contributed by atoms with E-state index >= 15 is 0 Å². The van der Waals surface area contributed by atoms with Crippen molar-refractivity contribution in [1.82, 2.24) is 20.1 Å². The summed E-state index contributed by atoms with van der Waals surface area (Å²) in [6.45, 7) is 1.22. The minimum Gasteiger partial charge on any atom is -0.508 e. The van der Waals surface area contributed by atoms with Crippen LogP contribution in [-0.4, -0.2) is 38.9 Å². The highest BCUT2D eigenvalue weighted by atomic mass is 16.3. The number of benzene rings is 3. The van der Waals surface area contributed by atoms with Crippen molar-refractivity contribution in [2.24, 2.45) is 0 Å². The van der Waals surface area contributed by atoms with E-state index in [-0.39, 0.29) is 11.7 Å². The lowest BCUT2D eigenvalue weighted by atomic mass is 10.0. The summed E-state index contributed by atoms with van der Waals surface area (Å²) in [4.78, 5) is 16.6. The average molecular weight is 490 g/mol. The molecule has 0 bridgehead atoms. The van der Waals surface area contributed by atoms with Crippen LogP contribution in [0.4, 0.5) is 5.82 Å². The van der Waals surface area contributed by atoms with Crippen LogP contribution in [0.5, 0.6) is 5.75 Å². The Morgan fingerprint density at radius 1 is 0.838 bits per heavy atom. The van der Waals surface area contributed by atoms with Crippen molar-refractivity contribution < 1.29 is 9.90 Å². The summed E-state index contributed by atoms with van der Waals surface area (Å²) < 4.78 is 1.84. The number of amides is 1. The second-order valence-electron chi connectivity index (χ2n) is 8.55. The SMILES string of the molecule is O=C(NCCCNc1cc(-c2cn(-c3ccccc3)nc2-c2cccc(O)c2)ccn1)c1ccccc1. The van der Waals surface area contributed by atoms with E-state index in [2.05, 4.69) is 15.6 Å². The number of carbonyl (C=O) groups is 1. The molecule has 0 saturated carbocycles. The van der Waals surface area contributed by atoms with Crippen LogP contribution in [0.15, 0.2) is 109 Å². The Labute approximate surface area is 215 Å². The lowest BCUT2D eigenvalue weighted by Gasteiger charge is -2.09. The molecule has 0 aliphatic carbocycles. The van der Waals surface area contributed by atoms with Crippen LogP contribution in [0.3, 0.4) is 0 Å². The fourth-order valence-electron chi connectivity index (χ4n) is 4.06. The van der Waals surface area contributed by atoms with Gasteiger partial charge in [-0.15, -0.1) is 0 Å². The van der Waals surface area contributed by atoms with Crippen LogP contribution in [0.2, 0.25) is 0 Å². The molecule has 0 spiro atoms. The fraction of sp³-hybridized carbons (Fsp3) is 0.100. The maximum absolute atomic E-state index is 12.2. The number of phenols is 1. The number of aromatic nitrogens is 3. The van der Waals surface area contributed by atoms with Crippen molar-refractivity contribution >= 4 is 11.7 Å². The maximum Gasteiger partial charge on any atom is 0.251 e. The molecule has 0 atom stereocenters. The molecule has 7 heteroatoms. The van der Waals surface area contributed by atoms with Gasteiger partial charge in [0.1, 0.15) is 17.3 Å². The molecule has 2 heterocycles. The van der Waals surface area contributed by atoms with Gasteiger partial charge in [-0.1, -0.05) is 48.5 Å². The third-order valence-corrected chi connectivity index (χ3v) is 5.91. The van der Waals surface area contributed by atoms with Crippen molar-refractivity contribution in [1.29, 1.82) is 0 Å². The van der Waals surface area contributed by atoms with E-state index in [0.717, 1.165) is 40.3 Å². The molecule has 184 valence electrons. The smallest absolute Gasteiger partial charge is 0.251 e. The first-order valence-electron chi connectivity index (χ1n) is 12.2. The molecule has 3 aromatic carbocycles. The zero-order chi connectivity index (χ0) is 25.5. The molecule has 0 fully saturated rings. The van der Waals surface area contributed by atoms with Gasteiger partial charge in [0.05, 0.1) is 5.69 Å². The predicted octanol–water partition coefficient (Wildman–Crippen LogP) is 5.54. The van der Waals surface area contributed by atoms with Gasteiger partial charge in [0, 0.05) is 42.2 Å². The first kappa shape index (κ1) is 23.8. The van der Waals surface area contributed by atoms with Crippen LogP contribution in [0, 0.1) is 0 Å². The summed E-state index contributed by atoms with van der Waals surface area (Å²) in [5.41, 5.74) is 5.07. The maximum atomic E-state index is 12.2. The van der Waals surface area contributed by atoms with Crippen LogP contribution < -0.4 is 10.6 Å². The first-order chi connectivity index (χ1) is 18.2. The predicted molar refractivity (Wildman–Crippen MR) is 146 cm³/mol. The second-order valence-corrected chi connectivity index (χ2v) is 8.55. The van der Waals surface area contributed by atoms with Gasteiger partial charge in [0.25, 0.3) is 5.91 Å². The third-order valence-electron chi connectivity index (χ3n) is 5.91. The van der Waals surface area contributed by atoms with Gasteiger partial charge in [-0.05, 0) is 60.5 Å². The van der Waals surface area contributed by atoms with Gasteiger partial charge < -0.3 is 15.7 Å². The number of pyridine rings is 1. The molecule has 0 saturated heterocycles.